The summed E-state index contributed by atoms with van der Waals surface area (Å²) in [7, 11) is 0. The molecule has 16 heavy (non-hydrogen) atoms. The highest BCUT2D eigenvalue weighted by molar-refractivity contribution is 9.10. The Bertz CT molecular complexity index is 453. The van der Waals surface area contributed by atoms with Gasteiger partial charge in [-0.1, -0.05) is 22.0 Å². The van der Waals surface area contributed by atoms with E-state index in [-0.39, 0.29) is 12.0 Å². The third kappa shape index (κ3) is 2.31. The van der Waals surface area contributed by atoms with Crippen LogP contribution in [0.4, 0.5) is 4.39 Å². The van der Waals surface area contributed by atoms with Gasteiger partial charge in [-0.05, 0) is 12.1 Å². The summed E-state index contributed by atoms with van der Waals surface area (Å²) in [5.74, 6) is 0.205. The summed E-state index contributed by atoms with van der Waals surface area (Å²) in [6.45, 7) is 0. The molecule has 1 heterocycles. The molecule has 0 aliphatic carbocycles. The second kappa shape index (κ2) is 4.76. The van der Waals surface area contributed by atoms with Gasteiger partial charge < -0.3 is 10.1 Å². The summed E-state index contributed by atoms with van der Waals surface area (Å²) < 4.78 is 14.1. The van der Waals surface area contributed by atoms with Crippen molar-refractivity contribution < 1.29 is 9.50 Å². The molecule has 0 saturated heterocycles. The summed E-state index contributed by atoms with van der Waals surface area (Å²) in [6, 6.07) is 4.61. The molecule has 0 radical (unpaired) electrons. The molecule has 0 fully saturated rings. The zero-order chi connectivity index (χ0) is 11.5. The van der Waals surface area contributed by atoms with Gasteiger partial charge in [0.1, 0.15) is 11.6 Å². The van der Waals surface area contributed by atoms with E-state index in [0.717, 1.165) is 0 Å². The monoisotopic (exact) mass is 284 g/mol. The van der Waals surface area contributed by atoms with Crippen molar-refractivity contribution in [3.05, 3.63) is 52.3 Å². The minimum Gasteiger partial charge on any atom is -0.388 e. The first-order valence-electron chi connectivity index (χ1n) is 4.78. The molecule has 2 rings (SSSR count). The fraction of sp³-hybridized carbons (Fsp3) is 0.182. The summed E-state index contributed by atoms with van der Waals surface area (Å²) in [6.07, 6.45) is 2.60. The van der Waals surface area contributed by atoms with Crippen molar-refractivity contribution in [2.45, 2.75) is 12.5 Å². The van der Waals surface area contributed by atoms with Crippen molar-refractivity contribution in [1.82, 2.24) is 9.97 Å². The Balaban J connectivity index is 2.24. The molecular formula is C11H10BrFN2O. The number of hydrogen-bond donors (Lipinski definition) is 2. The highest BCUT2D eigenvalue weighted by atomic mass is 79.9. The van der Waals surface area contributed by atoms with Crippen LogP contribution in [0.15, 0.2) is 35.1 Å². The van der Waals surface area contributed by atoms with Gasteiger partial charge in [0, 0.05) is 28.9 Å². The number of H-pyrrole nitrogens is 1. The first-order valence-corrected chi connectivity index (χ1v) is 5.58. The Morgan fingerprint density at radius 1 is 1.50 bits per heavy atom. The number of hydrogen-bond acceptors (Lipinski definition) is 2. The number of nitrogens with zero attached hydrogens (tertiary/aromatic N) is 1. The average molecular weight is 285 g/mol. The quantitative estimate of drug-likeness (QED) is 0.910. The van der Waals surface area contributed by atoms with Crippen LogP contribution in [0.3, 0.4) is 0 Å². The Kier molecular flexibility index (Phi) is 3.36. The van der Waals surface area contributed by atoms with Gasteiger partial charge in [-0.15, -0.1) is 0 Å². The summed E-state index contributed by atoms with van der Waals surface area (Å²) in [5.41, 5.74) is 0.263. The fourth-order valence-electron chi connectivity index (χ4n) is 1.52. The largest absolute Gasteiger partial charge is 0.388 e. The van der Waals surface area contributed by atoms with Crippen LogP contribution in [-0.2, 0) is 6.42 Å². The summed E-state index contributed by atoms with van der Waals surface area (Å²) in [4.78, 5) is 6.86. The zero-order valence-corrected chi connectivity index (χ0v) is 9.91. The molecular weight excluding hydrogens is 275 g/mol. The van der Waals surface area contributed by atoms with Gasteiger partial charge in [0.2, 0.25) is 0 Å². The Hall–Kier alpha value is -1.20. The molecule has 0 bridgehead atoms. The van der Waals surface area contributed by atoms with Crippen molar-refractivity contribution in [3.8, 4) is 0 Å². The van der Waals surface area contributed by atoms with Gasteiger partial charge in [0.15, 0.2) is 0 Å². The molecule has 0 amide bonds. The molecule has 84 valence electrons. The molecule has 0 saturated carbocycles. The van der Waals surface area contributed by atoms with Gasteiger partial charge in [-0.3, -0.25) is 0 Å². The van der Waals surface area contributed by atoms with Crippen LogP contribution >= 0.6 is 15.9 Å². The second-order valence-electron chi connectivity index (χ2n) is 3.39. The number of rotatable bonds is 3. The molecule has 0 aliphatic heterocycles. The van der Waals surface area contributed by atoms with E-state index in [2.05, 4.69) is 25.9 Å². The van der Waals surface area contributed by atoms with E-state index in [1.165, 1.54) is 6.07 Å². The molecule has 1 aromatic heterocycles. The van der Waals surface area contributed by atoms with Gasteiger partial charge in [0.05, 0.1) is 6.10 Å². The fourth-order valence-corrected chi connectivity index (χ4v) is 2.13. The Morgan fingerprint density at radius 3 is 2.94 bits per heavy atom. The smallest absolute Gasteiger partial charge is 0.130 e. The number of aliphatic hydroxyl groups excluding tert-OH is 1. The second-order valence-corrected chi connectivity index (χ2v) is 4.25. The van der Waals surface area contributed by atoms with E-state index >= 15 is 0 Å². The first kappa shape index (κ1) is 11.3. The molecule has 1 unspecified atom stereocenters. The molecule has 0 spiro atoms. The lowest BCUT2D eigenvalue weighted by Crippen LogP contribution is -2.06. The van der Waals surface area contributed by atoms with Gasteiger partial charge in [0.25, 0.3) is 0 Å². The van der Waals surface area contributed by atoms with Crippen LogP contribution in [0.1, 0.15) is 17.5 Å². The lowest BCUT2D eigenvalue weighted by molar-refractivity contribution is 0.170. The van der Waals surface area contributed by atoms with E-state index < -0.39 is 11.9 Å². The zero-order valence-electron chi connectivity index (χ0n) is 8.32. The minimum absolute atomic E-state index is 0.256. The van der Waals surface area contributed by atoms with Crippen LogP contribution in [-0.4, -0.2) is 15.1 Å². The van der Waals surface area contributed by atoms with Crippen molar-refractivity contribution in [1.29, 1.82) is 0 Å². The minimum atomic E-state index is -0.915. The predicted molar refractivity (Wildman–Crippen MR) is 61.4 cm³/mol. The molecule has 1 atom stereocenters. The standard InChI is InChI=1S/C11H10BrFN2O/c12-7-2-1-3-8(13)11(7)9(16)6-10-14-4-5-15-10/h1-5,9,16H,6H2,(H,14,15). The summed E-state index contributed by atoms with van der Waals surface area (Å²) in [5, 5.41) is 9.92. The number of benzene rings is 1. The molecule has 0 aliphatic rings. The Morgan fingerprint density at radius 2 is 2.31 bits per heavy atom. The number of imidazole rings is 1. The Labute approximate surface area is 100 Å². The number of aromatic nitrogens is 2. The number of halogens is 2. The van der Waals surface area contributed by atoms with Crippen LogP contribution in [0, 0.1) is 5.82 Å². The maximum atomic E-state index is 13.5. The van der Waals surface area contributed by atoms with Gasteiger partial charge in [-0.25, -0.2) is 9.37 Å². The molecule has 5 heteroatoms. The average Bonchev–Trinajstić information content (AvgIpc) is 2.70. The van der Waals surface area contributed by atoms with Crippen molar-refractivity contribution in [3.63, 3.8) is 0 Å². The predicted octanol–water partition coefficient (Wildman–Crippen LogP) is 2.59. The van der Waals surface area contributed by atoms with Crippen molar-refractivity contribution in [2.24, 2.45) is 0 Å². The first-order chi connectivity index (χ1) is 7.68. The third-order valence-electron chi connectivity index (χ3n) is 2.27. The molecule has 1 aromatic carbocycles. The SMILES string of the molecule is OC(Cc1ncc[nH]1)c1c(F)cccc1Br. The number of aliphatic hydroxyl groups is 1. The van der Waals surface area contributed by atoms with E-state index in [1.807, 2.05) is 0 Å². The topological polar surface area (TPSA) is 48.9 Å². The maximum Gasteiger partial charge on any atom is 0.130 e. The number of nitrogens with one attached hydrogen (secondary N) is 1. The maximum absolute atomic E-state index is 13.5. The lowest BCUT2D eigenvalue weighted by atomic mass is 10.1. The van der Waals surface area contributed by atoms with Crippen LogP contribution in [0.5, 0.6) is 0 Å². The normalized spacial score (nSPS) is 12.7. The third-order valence-corrected chi connectivity index (χ3v) is 2.97. The highest BCUT2D eigenvalue weighted by Crippen LogP contribution is 2.27. The van der Waals surface area contributed by atoms with E-state index in [9.17, 15) is 9.50 Å². The van der Waals surface area contributed by atoms with Crippen LogP contribution in [0.25, 0.3) is 0 Å². The van der Waals surface area contributed by atoms with Crippen molar-refractivity contribution >= 4 is 15.9 Å². The lowest BCUT2D eigenvalue weighted by Gasteiger charge is -2.12. The molecule has 2 N–H and O–H groups in total. The van der Waals surface area contributed by atoms with Crippen molar-refractivity contribution in [2.75, 3.05) is 0 Å². The molecule has 3 nitrogen and oxygen atoms in total. The van der Waals surface area contributed by atoms with E-state index in [0.29, 0.717) is 10.3 Å². The number of aromatic amines is 1. The summed E-state index contributed by atoms with van der Waals surface area (Å²) >= 11 is 3.22. The van der Waals surface area contributed by atoms with Gasteiger partial charge >= 0.3 is 0 Å². The van der Waals surface area contributed by atoms with E-state index in [4.69, 9.17) is 0 Å². The van der Waals surface area contributed by atoms with Gasteiger partial charge in [-0.2, -0.15) is 0 Å². The van der Waals surface area contributed by atoms with Crippen LogP contribution in [0.2, 0.25) is 0 Å². The molecule has 2 aromatic rings. The van der Waals surface area contributed by atoms with Crippen LogP contribution < -0.4 is 0 Å². The van der Waals surface area contributed by atoms with E-state index in [1.54, 1.807) is 24.5 Å². The highest BCUT2D eigenvalue weighted by Gasteiger charge is 2.17.